The molecule has 21 heavy (non-hydrogen) atoms. The minimum Gasteiger partial charge on any atom is -0.372 e. The molecule has 0 aliphatic carbocycles. The van der Waals surface area contributed by atoms with Crippen molar-refractivity contribution in [3.05, 3.63) is 36.8 Å². The molecular formula is C17H26N4. The lowest BCUT2D eigenvalue weighted by molar-refractivity contribution is 0.168. The largest absolute Gasteiger partial charge is 0.372 e. The summed E-state index contributed by atoms with van der Waals surface area (Å²) in [5, 5.41) is 0. The Kier molecular flexibility index (Phi) is 4.44. The average molecular weight is 286 g/mol. The average Bonchev–Trinajstić information content (AvgIpc) is 2.56. The van der Waals surface area contributed by atoms with Crippen LogP contribution in [0, 0.1) is 5.92 Å². The third-order valence-corrected chi connectivity index (χ3v) is 4.90. The Bertz CT molecular complexity index is 457. The molecule has 1 aromatic heterocycles. The highest BCUT2D eigenvalue weighted by Gasteiger charge is 2.25. The van der Waals surface area contributed by atoms with Crippen molar-refractivity contribution in [1.29, 1.82) is 0 Å². The molecule has 0 bridgehead atoms. The highest BCUT2D eigenvalue weighted by molar-refractivity contribution is 5.45. The van der Waals surface area contributed by atoms with Crippen LogP contribution in [0.25, 0.3) is 0 Å². The summed E-state index contributed by atoms with van der Waals surface area (Å²) in [6, 6.07) is 4.21. The van der Waals surface area contributed by atoms with Crippen molar-refractivity contribution in [3.63, 3.8) is 0 Å². The molecule has 2 aliphatic rings. The van der Waals surface area contributed by atoms with Crippen LogP contribution >= 0.6 is 0 Å². The summed E-state index contributed by atoms with van der Waals surface area (Å²) in [5.74, 6) is 0.659. The predicted octanol–water partition coefficient (Wildman–Crippen LogP) is 2.06. The monoisotopic (exact) mass is 286 g/mol. The van der Waals surface area contributed by atoms with E-state index < -0.39 is 0 Å². The normalized spacial score (nSPS) is 21.6. The van der Waals surface area contributed by atoms with Crippen LogP contribution in [-0.2, 0) is 0 Å². The number of pyridine rings is 1. The highest BCUT2D eigenvalue weighted by atomic mass is 15.3. The zero-order valence-corrected chi connectivity index (χ0v) is 13.0. The molecule has 0 aromatic carbocycles. The van der Waals surface area contributed by atoms with Crippen LogP contribution in [0.4, 0.5) is 5.69 Å². The van der Waals surface area contributed by atoms with Crippen molar-refractivity contribution in [2.24, 2.45) is 5.92 Å². The van der Waals surface area contributed by atoms with Crippen molar-refractivity contribution >= 4 is 5.69 Å². The second-order valence-electron chi connectivity index (χ2n) is 6.25. The highest BCUT2D eigenvalue weighted by Crippen LogP contribution is 2.29. The Morgan fingerprint density at radius 1 is 1.05 bits per heavy atom. The maximum Gasteiger partial charge on any atom is 0.0397 e. The fourth-order valence-electron chi connectivity index (χ4n) is 3.38. The Labute approximate surface area is 128 Å². The van der Waals surface area contributed by atoms with Gasteiger partial charge < -0.3 is 14.7 Å². The van der Waals surface area contributed by atoms with E-state index in [1.54, 1.807) is 0 Å². The number of piperazine rings is 1. The van der Waals surface area contributed by atoms with E-state index in [9.17, 15) is 0 Å². The number of hydrogen-bond donors (Lipinski definition) is 0. The first-order valence-corrected chi connectivity index (χ1v) is 8.01. The SMILES string of the molecule is C=C(C1CCN(c2ccncc2)CC1)N1CCN(C)CC1. The Hall–Kier alpha value is -1.55. The van der Waals surface area contributed by atoms with Crippen molar-refractivity contribution < 1.29 is 0 Å². The first kappa shape index (κ1) is 14.4. The van der Waals surface area contributed by atoms with Gasteiger partial charge in [-0.15, -0.1) is 0 Å². The topological polar surface area (TPSA) is 22.6 Å². The number of anilines is 1. The van der Waals surface area contributed by atoms with E-state index in [0.717, 1.165) is 39.3 Å². The molecule has 4 nitrogen and oxygen atoms in total. The van der Waals surface area contributed by atoms with Crippen LogP contribution in [0.3, 0.4) is 0 Å². The van der Waals surface area contributed by atoms with Gasteiger partial charge in [-0.3, -0.25) is 4.98 Å². The Morgan fingerprint density at radius 2 is 1.67 bits per heavy atom. The summed E-state index contributed by atoms with van der Waals surface area (Å²) < 4.78 is 0. The van der Waals surface area contributed by atoms with Gasteiger partial charge in [0.2, 0.25) is 0 Å². The molecule has 1 aromatic rings. The summed E-state index contributed by atoms with van der Waals surface area (Å²) in [6.07, 6.45) is 6.19. The smallest absolute Gasteiger partial charge is 0.0397 e. The molecule has 0 spiro atoms. The maximum absolute atomic E-state index is 4.40. The molecule has 0 radical (unpaired) electrons. The van der Waals surface area contributed by atoms with Crippen LogP contribution in [0.2, 0.25) is 0 Å². The molecule has 0 unspecified atom stereocenters. The summed E-state index contributed by atoms with van der Waals surface area (Å²) in [7, 11) is 2.20. The van der Waals surface area contributed by atoms with Gasteiger partial charge in [-0.05, 0) is 32.0 Å². The predicted molar refractivity (Wildman–Crippen MR) is 87.4 cm³/mol. The van der Waals surface area contributed by atoms with Crippen molar-refractivity contribution in [2.75, 3.05) is 51.2 Å². The van der Waals surface area contributed by atoms with Gasteiger partial charge >= 0.3 is 0 Å². The lowest BCUT2D eigenvalue weighted by Crippen LogP contribution is -2.46. The van der Waals surface area contributed by atoms with Gasteiger partial charge in [0, 0.05) is 69.0 Å². The molecule has 2 fully saturated rings. The summed E-state index contributed by atoms with van der Waals surface area (Å²) in [5.41, 5.74) is 2.67. The van der Waals surface area contributed by atoms with E-state index >= 15 is 0 Å². The van der Waals surface area contributed by atoms with Crippen LogP contribution in [0.1, 0.15) is 12.8 Å². The molecule has 114 valence electrons. The quantitative estimate of drug-likeness (QED) is 0.848. The first-order valence-electron chi connectivity index (χ1n) is 8.01. The molecule has 0 N–H and O–H groups in total. The zero-order chi connectivity index (χ0) is 14.7. The third-order valence-electron chi connectivity index (χ3n) is 4.90. The fourth-order valence-corrected chi connectivity index (χ4v) is 3.38. The van der Waals surface area contributed by atoms with E-state index in [-0.39, 0.29) is 0 Å². The van der Waals surface area contributed by atoms with Gasteiger partial charge in [0.1, 0.15) is 0 Å². The third kappa shape index (κ3) is 3.38. The van der Waals surface area contributed by atoms with Gasteiger partial charge in [0.05, 0.1) is 0 Å². The Morgan fingerprint density at radius 3 is 2.29 bits per heavy atom. The van der Waals surface area contributed by atoms with E-state index in [1.165, 1.54) is 24.2 Å². The van der Waals surface area contributed by atoms with Gasteiger partial charge in [-0.25, -0.2) is 0 Å². The number of likely N-dealkylation sites (N-methyl/N-ethyl adjacent to an activating group) is 1. The number of rotatable bonds is 3. The molecule has 2 saturated heterocycles. The molecule has 3 rings (SSSR count). The van der Waals surface area contributed by atoms with Crippen LogP contribution in [0.5, 0.6) is 0 Å². The molecule has 0 atom stereocenters. The second kappa shape index (κ2) is 6.48. The maximum atomic E-state index is 4.40. The molecule has 3 heterocycles. The fraction of sp³-hybridized carbons (Fsp3) is 0.588. The van der Waals surface area contributed by atoms with Crippen LogP contribution in [0.15, 0.2) is 36.8 Å². The lowest BCUT2D eigenvalue weighted by Gasteiger charge is -2.41. The summed E-state index contributed by atoms with van der Waals surface area (Å²) >= 11 is 0. The van der Waals surface area contributed by atoms with E-state index in [2.05, 4.69) is 45.4 Å². The van der Waals surface area contributed by atoms with Gasteiger partial charge in [-0.2, -0.15) is 0 Å². The number of nitrogens with zero attached hydrogens (tertiary/aromatic N) is 4. The van der Waals surface area contributed by atoms with Crippen molar-refractivity contribution in [1.82, 2.24) is 14.8 Å². The lowest BCUT2D eigenvalue weighted by atomic mass is 9.92. The standard InChI is InChI=1S/C17H26N4/c1-15(20-13-11-19(2)12-14-20)16-5-9-21(10-6-16)17-3-7-18-8-4-17/h3-4,7-8,16H,1,5-6,9-14H2,2H3. The number of piperidine rings is 1. The summed E-state index contributed by atoms with van der Waals surface area (Å²) in [6.45, 7) is 11.3. The minimum atomic E-state index is 0.659. The van der Waals surface area contributed by atoms with Gasteiger partial charge in [0.25, 0.3) is 0 Å². The molecule has 4 heteroatoms. The molecule has 2 aliphatic heterocycles. The second-order valence-corrected chi connectivity index (χ2v) is 6.25. The first-order chi connectivity index (χ1) is 10.2. The molecule has 0 saturated carbocycles. The number of allylic oxidation sites excluding steroid dienone is 1. The minimum absolute atomic E-state index is 0.659. The Balaban J connectivity index is 1.52. The van der Waals surface area contributed by atoms with Crippen LogP contribution in [-0.4, -0.2) is 61.1 Å². The number of aromatic nitrogens is 1. The summed E-state index contributed by atoms with van der Waals surface area (Å²) in [4.78, 5) is 11.5. The molecular weight excluding hydrogens is 260 g/mol. The van der Waals surface area contributed by atoms with Crippen molar-refractivity contribution in [2.45, 2.75) is 12.8 Å². The van der Waals surface area contributed by atoms with Gasteiger partial charge in [0.15, 0.2) is 0 Å². The molecule has 0 amide bonds. The van der Waals surface area contributed by atoms with E-state index in [1.807, 2.05) is 12.4 Å². The zero-order valence-electron chi connectivity index (χ0n) is 13.0. The van der Waals surface area contributed by atoms with Crippen molar-refractivity contribution in [3.8, 4) is 0 Å². The van der Waals surface area contributed by atoms with E-state index in [4.69, 9.17) is 0 Å². The van der Waals surface area contributed by atoms with Gasteiger partial charge in [-0.1, -0.05) is 6.58 Å². The van der Waals surface area contributed by atoms with E-state index in [0.29, 0.717) is 5.92 Å². The van der Waals surface area contributed by atoms with Crippen LogP contribution < -0.4 is 4.90 Å². The number of hydrogen-bond acceptors (Lipinski definition) is 4.